The quantitative estimate of drug-likeness (QED) is 0.887. The number of benzene rings is 2. The van der Waals surface area contributed by atoms with Crippen molar-refractivity contribution in [2.75, 3.05) is 0 Å². The molecule has 2 aromatic carbocycles. The van der Waals surface area contributed by atoms with Crippen LogP contribution in [0.3, 0.4) is 0 Å². The molecular weight excluding hydrogens is 323 g/mol. The van der Waals surface area contributed by atoms with E-state index in [4.69, 9.17) is 4.74 Å². The topological polar surface area (TPSA) is 29.5 Å². The number of rotatable bonds is 4. The van der Waals surface area contributed by atoms with Gasteiger partial charge in [0.1, 0.15) is 18.2 Å². The maximum Gasteiger partial charge on any atom is 0.130 e. The lowest BCUT2D eigenvalue weighted by molar-refractivity contribution is 0.190. The summed E-state index contributed by atoms with van der Waals surface area (Å²) in [5.74, 6) is 0.271. The molecule has 0 saturated heterocycles. The normalized spacial score (nSPS) is 12.2. The number of hydrogen-bond acceptors (Lipinski definition) is 2. The summed E-state index contributed by atoms with van der Waals surface area (Å²) < 4.78 is 20.1. The van der Waals surface area contributed by atoms with E-state index in [1.807, 2.05) is 25.1 Å². The molecule has 0 spiro atoms. The Morgan fingerprint density at radius 1 is 1.25 bits per heavy atom. The molecule has 0 saturated carbocycles. The first-order valence-corrected chi connectivity index (χ1v) is 7.12. The molecule has 0 aromatic heterocycles. The lowest BCUT2D eigenvalue weighted by atomic mass is 10.1. The van der Waals surface area contributed by atoms with Crippen molar-refractivity contribution in [3.8, 4) is 5.75 Å². The van der Waals surface area contributed by atoms with E-state index in [2.05, 4.69) is 15.9 Å². The Bertz CT molecular complexity index is 611. The van der Waals surface area contributed by atoms with E-state index >= 15 is 0 Å². The first-order chi connectivity index (χ1) is 9.47. The van der Waals surface area contributed by atoms with E-state index in [1.165, 1.54) is 6.07 Å². The van der Waals surface area contributed by atoms with Crippen LogP contribution in [0, 0.1) is 12.7 Å². The van der Waals surface area contributed by atoms with Gasteiger partial charge in [-0.25, -0.2) is 4.39 Å². The summed E-state index contributed by atoms with van der Waals surface area (Å²) in [6.07, 6.45) is -0.625. The average molecular weight is 339 g/mol. The molecular formula is C16H16BrFO2. The third-order valence-corrected chi connectivity index (χ3v) is 3.51. The molecule has 0 bridgehead atoms. The number of aryl methyl sites for hydroxylation is 1. The van der Waals surface area contributed by atoms with Crippen LogP contribution in [0.5, 0.6) is 5.75 Å². The van der Waals surface area contributed by atoms with Crippen molar-refractivity contribution in [1.82, 2.24) is 0 Å². The minimum Gasteiger partial charge on any atom is -0.488 e. The molecule has 0 heterocycles. The van der Waals surface area contributed by atoms with Gasteiger partial charge < -0.3 is 9.84 Å². The van der Waals surface area contributed by atoms with Gasteiger partial charge in [0.25, 0.3) is 0 Å². The second-order valence-corrected chi connectivity index (χ2v) is 5.66. The Morgan fingerprint density at radius 3 is 2.65 bits per heavy atom. The maximum absolute atomic E-state index is 13.7. The van der Waals surface area contributed by atoms with Crippen LogP contribution in [0.15, 0.2) is 40.9 Å². The van der Waals surface area contributed by atoms with E-state index in [0.29, 0.717) is 21.3 Å². The van der Waals surface area contributed by atoms with Crippen molar-refractivity contribution < 1.29 is 14.2 Å². The second kappa shape index (κ2) is 6.37. The van der Waals surface area contributed by atoms with Crippen molar-refractivity contribution in [3.63, 3.8) is 0 Å². The van der Waals surface area contributed by atoms with Crippen LogP contribution >= 0.6 is 15.9 Å². The van der Waals surface area contributed by atoms with Crippen LogP contribution in [-0.2, 0) is 6.61 Å². The van der Waals surface area contributed by atoms with E-state index in [1.54, 1.807) is 19.1 Å². The van der Waals surface area contributed by atoms with Crippen LogP contribution in [0.2, 0.25) is 0 Å². The Morgan fingerprint density at radius 2 is 2.00 bits per heavy atom. The Hall–Kier alpha value is -1.39. The van der Waals surface area contributed by atoms with Crippen molar-refractivity contribution in [3.05, 3.63) is 63.4 Å². The highest BCUT2D eigenvalue weighted by Crippen LogP contribution is 2.27. The molecule has 0 fully saturated rings. The SMILES string of the molecule is Cc1ccc([C@H](C)O)c(OCc2ccc(Br)cc2F)c1. The van der Waals surface area contributed by atoms with Gasteiger partial charge in [-0.05, 0) is 37.6 Å². The smallest absolute Gasteiger partial charge is 0.130 e. The van der Waals surface area contributed by atoms with Gasteiger partial charge in [0, 0.05) is 15.6 Å². The van der Waals surface area contributed by atoms with E-state index in [9.17, 15) is 9.50 Å². The van der Waals surface area contributed by atoms with Gasteiger partial charge in [0.15, 0.2) is 0 Å². The zero-order chi connectivity index (χ0) is 14.7. The zero-order valence-corrected chi connectivity index (χ0v) is 12.9. The summed E-state index contributed by atoms with van der Waals surface area (Å²) in [7, 11) is 0. The summed E-state index contributed by atoms with van der Waals surface area (Å²) in [5.41, 5.74) is 2.21. The summed E-state index contributed by atoms with van der Waals surface area (Å²) in [6.45, 7) is 3.75. The third kappa shape index (κ3) is 3.58. The molecule has 20 heavy (non-hydrogen) atoms. The lowest BCUT2D eigenvalue weighted by Gasteiger charge is -2.14. The summed E-state index contributed by atoms with van der Waals surface area (Å²) in [6, 6.07) is 10.4. The molecule has 0 amide bonds. The Balaban J connectivity index is 2.20. The first-order valence-electron chi connectivity index (χ1n) is 6.32. The number of aliphatic hydroxyl groups is 1. The molecule has 2 rings (SSSR count). The molecule has 0 aliphatic heterocycles. The minimum atomic E-state index is -0.625. The summed E-state index contributed by atoms with van der Waals surface area (Å²) >= 11 is 3.22. The predicted octanol–water partition coefficient (Wildman–Crippen LogP) is 4.53. The first kappa shape index (κ1) is 15.0. The monoisotopic (exact) mass is 338 g/mol. The summed E-state index contributed by atoms with van der Waals surface area (Å²) in [4.78, 5) is 0. The Kier molecular flexibility index (Phi) is 4.78. The van der Waals surface area contributed by atoms with Gasteiger partial charge in [-0.1, -0.05) is 34.1 Å². The fraction of sp³-hybridized carbons (Fsp3) is 0.250. The van der Waals surface area contributed by atoms with Crippen LogP contribution in [0.4, 0.5) is 4.39 Å². The van der Waals surface area contributed by atoms with Gasteiger partial charge in [0.05, 0.1) is 6.10 Å². The van der Waals surface area contributed by atoms with E-state index in [-0.39, 0.29) is 12.4 Å². The highest BCUT2D eigenvalue weighted by atomic mass is 79.9. The van der Waals surface area contributed by atoms with Crippen LogP contribution in [0.1, 0.15) is 29.7 Å². The summed E-state index contributed by atoms with van der Waals surface area (Å²) in [5, 5.41) is 9.72. The number of hydrogen-bond donors (Lipinski definition) is 1. The fourth-order valence-electron chi connectivity index (χ4n) is 1.91. The minimum absolute atomic E-state index is 0.127. The molecule has 106 valence electrons. The molecule has 0 radical (unpaired) electrons. The molecule has 0 unspecified atom stereocenters. The van der Waals surface area contributed by atoms with Gasteiger partial charge in [0.2, 0.25) is 0 Å². The lowest BCUT2D eigenvalue weighted by Crippen LogP contribution is -2.03. The van der Waals surface area contributed by atoms with Crippen molar-refractivity contribution >= 4 is 15.9 Å². The molecule has 4 heteroatoms. The van der Waals surface area contributed by atoms with Crippen LogP contribution in [-0.4, -0.2) is 5.11 Å². The van der Waals surface area contributed by atoms with Gasteiger partial charge in [-0.15, -0.1) is 0 Å². The molecule has 0 aliphatic carbocycles. The molecule has 2 aromatic rings. The van der Waals surface area contributed by atoms with Crippen molar-refractivity contribution in [2.24, 2.45) is 0 Å². The van der Waals surface area contributed by atoms with E-state index < -0.39 is 6.10 Å². The molecule has 0 aliphatic rings. The molecule has 2 nitrogen and oxygen atoms in total. The Labute approximate surface area is 126 Å². The average Bonchev–Trinajstić information content (AvgIpc) is 2.37. The number of aliphatic hydroxyl groups excluding tert-OH is 1. The largest absolute Gasteiger partial charge is 0.488 e. The highest BCUT2D eigenvalue weighted by molar-refractivity contribution is 9.10. The van der Waals surface area contributed by atoms with Crippen molar-refractivity contribution in [1.29, 1.82) is 0 Å². The zero-order valence-electron chi connectivity index (χ0n) is 11.4. The second-order valence-electron chi connectivity index (χ2n) is 4.74. The fourth-order valence-corrected chi connectivity index (χ4v) is 2.24. The third-order valence-electron chi connectivity index (χ3n) is 3.02. The number of halogens is 2. The highest BCUT2D eigenvalue weighted by Gasteiger charge is 2.11. The molecule has 1 atom stereocenters. The number of ether oxygens (including phenoxy) is 1. The van der Waals surface area contributed by atoms with Gasteiger partial charge >= 0.3 is 0 Å². The predicted molar refractivity (Wildman–Crippen MR) is 80.2 cm³/mol. The van der Waals surface area contributed by atoms with Crippen LogP contribution in [0.25, 0.3) is 0 Å². The van der Waals surface area contributed by atoms with Gasteiger partial charge in [-0.3, -0.25) is 0 Å². The maximum atomic E-state index is 13.7. The van der Waals surface area contributed by atoms with E-state index in [0.717, 1.165) is 5.56 Å². The standard InChI is InChI=1S/C16H16BrFO2/c1-10-3-6-14(11(2)19)16(7-10)20-9-12-4-5-13(17)8-15(12)18/h3-8,11,19H,9H2,1-2H3/t11-/m0/s1. The van der Waals surface area contributed by atoms with Crippen molar-refractivity contribution in [2.45, 2.75) is 26.6 Å². The van der Waals surface area contributed by atoms with Gasteiger partial charge in [-0.2, -0.15) is 0 Å². The van der Waals surface area contributed by atoms with Crippen LogP contribution < -0.4 is 4.74 Å². The molecule has 1 N–H and O–H groups in total.